The summed E-state index contributed by atoms with van der Waals surface area (Å²) in [6.07, 6.45) is 6.44. The lowest BCUT2D eigenvalue weighted by molar-refractivity contribution is -0.147. The maximum Gasteiger partial charge on any atom is 0.310 e. The minimum absolute atomic E-state index is 0.00625. The molecule has 2 atom stereocenters. The predicted molar refractivity (Wildman–Crippen MR) is 75.8 cm³/mol. The topological polar surface area (TPSA) is 29.5 Å². The average Bonchev–Trinajstić information content (AvgIpc) is 2.79. The number of esters is 1. The van der Waals surface area contributed by atoms with Crippen molar-refractivity contribution in [1.29, 1.82) is 0 Å². The molecule has 18 heavy (non-hydrogen) atoms. The van der Waals surface area contributed by atoms with Gasteiger partial charge in [0.15, 0.2) is 0 Å². The number of hydrogen-bond acceptors (Lipinski definition) is 4. The molecule has 104 valence electrons. The minimum atomic E-state index is 0.00625. The number of ether oxygens (including phenoxy) is 1. The highest BCUT2D eigenvalue weighted by molar-refractivity contribution is 7.99. The SMILES string of the molecule is COC(=O)C(CN1CCCCCC1)C1CCSC1. The molecule has 2 heterocycles. The number of likely N-dealkylation sites (tertiary alicyclic amines) is 1. The fourth-order valence-electron chi connectivity index (χ4n) is 3.03. The summed E-state index contributed by atoms with van der Waals surface area (Å²) >= 11 is 1.98. The van der Waals surface area contributed by atoms with Gasteiger partial charge in [0.05, 0.1) is 13.0 Å². The molecule has 0 aromatic carbocycles. The zero-order valence-corrected chi connectivity index (χ0v) is 12.2. The van der Waals surface area contributed by atoms with Gasteiger partial charge in [0.2, 0.25) is 0 Å². The van der Waals surface area contributed by atoms with Crippen molar-refractivity contribution >= 4 is 17.7 Å². The van der Waals surface area contributed by atoms with Crippen LogP contribution in [0.4, 0.5) is 0 Å². The van der Waals surface area contributed by atoms with Crippen molar-refractivity contribution in [2.24, 2.45) is 11.8 Å². The molecule has 0 N–H and O–H groups in total. The van der Waals surface area contributed by atoms with E-state index in [0.29, 0.717) is 5.92 Å². The normalized spacial score (nSPS) is 27.7. The van der Waals surface area contributed by atoms with Crippen molar-refractivity contribution in [3.05, 3.63) is 0 Å². The molecular weight excluding hydrogens is 246 g/mol. The Morgan fingerprint density at radius 3 is 2.61 bits per heavy atom. The first-order chi connectivity index (χ1) is 8.81. The Hall–Kier alpha value is -0.220. The van der Waals surface area contributed by atoms with Gasteiger partial charge in [-0.1, -0.05) is 12.8 Å². The van der Waals surface area contributed by atoms with Crippen molar-refractivity contribution in [3.8, 4) is 0 Å². The van der Waals surface area contributed by atoms with Crippen LogP contribution in [0.15, 0.2) is 0 Å². The highest BCUT2D eigenvalue weighted by Gasteiger charge is 2.33. The third-order valence-corrected chi connectivity index (χ3v) is 5.38. The van der Waals surface area contributed by atoms with Crippen molar-refractivity contribution in [2.75, 3.05) is 38.2 Å². The van der Waals surface area contributed by atoms with Gasteiger partial charge in [0, 0.05) is 6.54 Å². The van der Waals surface area contributed by atoms with E-state index in [9.17, 15) is 4.79 Å². The lowest BCUT2D eigenvalue weighted by Crippen LogP contribution is -2.38. The van der Waals surface area contributed by atoms with E-state index in [4.69, 9.17) is 4.74 Å². The van der Waals surface area contributed by atoms with Crippen molar-refractivity contribution in [1.82, 2.24) is 4.90 Å². The zero-order chi connectivity index (χ0) is 12.8. The van der Waals surface area contributed by atoms with Gasteiger partial charge in [-0.05, 0) is 49.8 Å². The smallest absolute Gasteiger partial charge is 0.310 e. The van der Waals surface area contributed by atoms with Crippen LogP contribution in [0.3, 0.4) is 0 Å². The third kappa shape index (κ3) is 3.89. The van der Waals surface area contributed by atoms with Crippen LogP contribution in [-0.2, 0) is 9.53 Å². The number of carbonyl (C=O) groups is 1. The van der Waals surface area contributed by atoms with Crippen LogP contribution in [0.25, 0.3) is 0 Å². The highest BCUT2D eigenvalue weighted by Crippen LogP contribution is 2.31. The first-order valence-corrected chi connectivity index (χ1v) is 8.34. The van der Waals surface area contributed by atoms with Gasteiger partial charge < -0.3 is 9.64 Å². The Kier molecular flexibility index (Phi) is 5.83. The van der Waals surface area contributed by atoms with E-state index in [-0.39, 0.29) is 11.9 Å². The van der Waals surface area contributed by atoms with E-state index in [0.717, 1.165) is 25.4 Å². The van der Waals surface area contributed by atoms with Crippen molar-refractivity contribution < 1.29 is 9.53 Å². The van der Waals surface area contributed by atoms with Crippen LogP contribution in [0.5, 0.6) is 0 Å². The van der Waals surface area contributed by atoms with Crippen LogP contribution in [0.1, 0.15) is 32.1 Å². The molecule has 0 aromatic rings. The Bertz CT molecular complexity index is 259. The van der Waals surface area contributed by atoms with Gasteiger partial charge >= 0.3 is 5.97 Å². The first-order valence-electron chi connectivity index (χ1n) is 7.19. The van der Waals surface area contributed by atoms with E-state index in [2.05, 4.69) is 4.90 Å². The molecule has 0 radical (unpaired) electrons. The second kappa shape index (κ2) is 7.39. The van der Waals surface area contributed by atoms with Crippen LogP contribution < -0.4 is 0 Å². The summed E-state index contributed by atoms with van der Waals surface area (Å²) in [6, 6.07) is 0. The second-order valence-corrected chi connectivity index (χ2v) is 6.62. The third-order valence-electron chi connectivity index (χ3n) is 4.19. The van der Waals surface area contributed by atoms with Gasteiger partial charge in [-0.15, -0.1) is 0 Å². The molecule has 0 aromatic heterocycles. The highest BCUT2D eigenvalue weighted by atomic mass is 32.2. The molecule has 0 aliphatic carbocycles. The number of carbonyl (C=O) groups excluding carboxylic acids is 1. The van der Waals surface area contributed by atoms with Gasteiger partial charge in [-0.2, -0.15) is 11.8 Å². The molecule has 2 rings (SSSR count). The largest absolute Gasteiger partial charge is 0.469 e. The summed E-state index contributed by atoms with van der Waals surface area (Å²) in [4.78, 5) is 14.5. The second-order valence-electron chi connectivity index (χ2n) is 5.47. The van der Waals surface area contributed by atoms with E-state index < -0.39 is 0 Å². The predicted octanol–water partition coefficient (Wildman–Crippen LogP) is 2.40. The summed E-state index contributed by atoms with van der Waals surface area (Å²) in [5.74, 6) is 2.98. The van der Waals surface area contributed by atoms with Crippen LogP contribution in [-0.4, -0.2) is 49.1 Å². The first kappa shape index (κ1) is 14.2. The molecule has 4 heteroatoms. The van der Waals surface area contributed by atoms with Gasteiger partial charge in [0.1, 0.15) is 0 Å². The summed E-state index contributed by atoms with van der Waals surface area (Å²) in [5, 5.41) is 0. The van der Waals surface area contributed by atoms with Crippen molar-refractivity contribution in [2.45, 2.75) is 32.1 Å². The molecular formula is C14H25NO2S. The molecule has 2 unspecified atom stereocenters. The molecule has 0 saturated carbocycles. The summed E-state index contributed by atoms with van der Waals surface area (Å²) in [6.45, 7) is 3.23. The fourth-order valence-corrected chi connectivity index (χ4v) is 4.37. The Morgan fingerprint density at radius 1 is 1.33 bits per heavy atom. The average molecular weight is 271 g/mol. The molecule has 0 bridgehead atoms. The molecule has 2 saturated heterocycles. The Balaban J connectivity index is 1.92. The zero-order valence-electron chi connectivity index (χ0n) is 11.4. The number of methoxy groups -OCH3 is 1. The van der Waals surface area contributed by atoms with Gasteiger partial charge in [-0.3, -0.25) is 4.79 Å². The molecule has 0 spiro atoms. The van der Waals surface area contributed by atoms with Crippen LogP contribution in [0, 0.1) is 11.8 Å². The quantitative estimate of drug-likeness (QED) is 0.734. The van der Waals surface area contributed by atoms with E-state index in [1.807, 2.05) is 11.8 Å². The lowest BCUT2D eigenvalue weighted by Gasteiger charge is -2.28. The molecule has 0 amide bonds. The van der Waals surface area contributed by atoms with E-state index >= 15 is 0 Å². The summed E-state index contributed by atoms with van der Waals surface area (Å²) in [7, 11) is 1.53. The monoisotopic (exact) mass is 271 g/mol. The maximum absolute atomic E-state index is 12.0. The standard InChI is InChI=1S/C14H25NO2S/c1-17-14(16)13(12-6-9-18-11-12)10-15-7-4-2-3-5-8-15/h12-13H,2-11H2,1H3. The van der Waals surface area contributed by atoms with Gasteiger partial charge in [-0.25, -0.2) is 0 Å². The number of rotatable bonds is 4. The lowest BCUT2D eigenvalue weighted by atomic mass is 9.91. The molecule has 3 nitrogen and oxygen atoms in total. The molecule has 2 fully saturated rings. The van der Waals surface area contributed by atoms with Gasteiger partial charge in [0.25, 0.3) is 0 Å². The maximum atomic E-state index is 12.0. The molecule has 2 aliphatic rings. The Morgan fingerprint density at radius 2 is 2.06 bits per heavy atom. The summed E-state index contributed by atoms with van der Waals surface area (Å²) < 4.78 is 5.02. The number of hydrogen-bond donors (Lipinski definition) is 0. The minimum Gasteiger partial charge on any atom is -0.469 e. The van der Waals surface area contributed by atoms with Crippen molar-refractivity contribution in [3.63, 3.8) is 0 Å². The fraction of sp³-hybridized carbons (Fsp3) is 0.929. The van der Waals surface area contributed by atoms with Crippen LogP contribution in [0.2, 0.25) is 0 Å². The van der Waals surface area contributed by atoms with Crippen LogP contribution >= 0.6 is 11.8 Å². The molecule has 2 aliphatic heterocycles. The number of thioether (sulfide) groups is 1. The van der Waals surface area contributed by atoms with E-state index in [1.54, 1.807) is 0 Å². The van der Waals surface area contributed by atoms with E-state index in [1.165, 1.54) is 45.0 Å². The Labute approximate surface area is 115 Å². The summed E-state index contributed by atoms with van der Waals surface area (Å²) in [5.41, 5.74) is 0. The number of nitrogens with zero attached hydrogens (tertiary/aromatic N) is 1.